The number of hydrogen-bond donors (Lipinski definition) is 2. The molecule has 0 aliphatic carbocycles. The Morgan fingerprint density at radius 2 is 0.971 bits per heavy atom. The summed E-state index contributed by atoms with van der Waals surface area (Å²) in [6.07, 6.45) is -0.131. The molecule has 6 nitrogen and oxygen atoms in total. The average Bonchev–Trinajstić information content (AvgIpc) is 2.86. The molecule has 2 N–H and O–H groups in total. The van der Waals surface area contributed by atoms with Gasteiger partial charge in [0.15, 0.2) is 0 Å². The molecule has 0 saturated carbocycles. The van der Waals surface area contributed by atoms with Gasteiger partial charge in [0, 0.05) is 0 Å². The van der Waals surface area contributed by atoms with Crippen molar-refractivity contribution in [3.63, 3.8) is 0 Å². The van der Waals surface area contributed by atoms with Gasteiger partial charge < -0.3 is 19.7 Å². The molecule has 6 heteroatoms. The predicted octanol–water partition coefficient (Wildman–Crippen LogP) is 5.79. The third-order valence-electron chi connectivity index (χ3n) is 7.02. The number of carboxylic acid groups (broad SMARTS) is 2. The number of aliphatic carboxylic acids is 2. The zero-order chi connectivity index (χ0) is 25.4. The molecular formula is C29H28O6. The summed E-state index contributed by atoms with van der Waals surface area (Å²) >= 11 is 0. The molecule has 2 unspecified atom stereocenters. The number of methoxy groups -OCH3 is 2. The number of benzene rings is 4. The van der Waals surface area contributed by atoms with Crippen LogP contribution in [-0.4, -0.2) is 36.4 Å². The fourth-order valence-corrected chi connectivity index (χ4v) is 4.70. The molecule has 0 fully saturated rings. The second-order valence-electron chi connectivity index (χ2n) is 9.31. The highest BCUT2D eigenvalue weighted by Crippen LogP contribution is 2.42. The summed E-state index contributed by atoms with van der Waals surface area (Å²) in [6, 6.07) is 22.0. The van der Waals surface area contributed by atoms with E-state index in [0.717, 1.165) is 21.5 Å². The number of ether oxygens (including phenoxy) is 2. The fourth-order valence-electron chi connectivity index (χ4n) is 4.70. The van der Waals surface area contributed by atoms with Crippen LogP contribution in [0.15, 0.2) is 72.8 Å². The second kappa shape index (κ2) is 8.95. The molecule has 4 rings (SSSR count). The summed E-state index contributed by atoms with van der Waals surface area (Å²) in [6.45, 7) is 3.18. The number of carboxylic acids is 2. The molecule has 0 radical (unpaired) electrons. The third-order valence-corrected chi connectivity index (χ3v) is 7.02. The zero-order valence-electron chi connectivity index (χ0n) is 20.2. The monoisotopic (exact) mass is 472 g/mol. The molecule has 2 atom stereocenters. The summed E-state index contributed by atoms with van der Waals surface area (Å²) in [4.78, 5) is 25.3. The summed E-state index contributed by atoms with van der Waals surface area (Å²) in [7, 11) is 3.18. The van der Waals surface area contributed by atoms with Crippen LogP contribution in [0, 0.1) is 0 Å². The van der Waals surface area contributed by atoms with Gasteiger partial charge in [0.25, 0.3) is 0 Å². The number of hydrogen-bond acceptors (Lipinski definition) is 4. The van der Waals surface area contributed by atoms with Gasteiger partial charge in [0.2, 0.25) is 0 Å². The van der Waals surface area contributed by atoms with Crippen LogP contribution in [0.5, 0.6) is 11.5 Å². The van der Waals surface area contributed by atoms with Crippen molar-refractivity contribution in [2.45, 2.75) is 31.1 Å². The first-order chi connectivity index (χ1) is 16.6. The van der Waals surface area contributed by atoms with E-state index in [1.807, 2.05) is 60.7 Å². The molecule has 180 valence electrons. The topological polar surface area (TPSA) is 93.1 Å². The van der Waals surface area contributed by atoms with Crippen LogP contribution in [0.1, 0.15) is 31.4 Å². The Bertz CT molecular complexity index is 1330. The molecule has 4 aromatic carbocycles. The highest BCUT2D eigenvalue weighted by atomic mass is 16.5. The first-order valence-electron chi connectivity index (χ1n) is 11.2. The van der Waals surface area contributed by atoms with Gasteiger partial charge in [-0.15, -0.1) is 0 Å². The van der Waals surface area contributed by atoms with Crippen molar-refractivity contribution in [1.82, 2.24) is 0 Å². The number of fused-ring (bicyclic) bond motifs is 2. The molecule has 0 aliphatic heterocycles. The van der Waals surface area contributed by atoms with Crippen LogP contribution in [0.25, 0.3) is 21.5 Å². The van der Waals surface area contributed by atoms with Gasteiger partial charge in [-0.05, 0) is 77.2 Å². The van der Waals surface area contributed by atoms with E-state index in [1.165, 1.54) is 0 Å². The molecule has 0 amide bonds. The first kappa shape index (κ1) is 24.1. The van der Waals surface area contributed by atoms with E-state index in [0.29, 0.717) is 22.6 Å². The highest BCUT2D eigenvalue weighted by Gasteiger charge is 2.47. The van der Waals surface area contributed by atoms with Gasteiger partial charge in [0.1, 0.15) is 11.5 Å². The van der Waals surface area contributed by atoms with E-state index in [9.17, 15) is 19.8 Å². The second-order valence-corrected chi connectivity index (χ2v) is 9.31. The van der Waals surface area contributed by atoms with Crippen LogP contribution in [-0.2, 0) is 20.4 Å². The van der Waals surface area contributed by atoms with Gasteiger partial charge in [-0.1, -0.05) is 48.5 Å². The molecular weight excluding hydrogens is 444 g/mol. The van der Waals surface area contributed by atoms with Crippen LogP contribution in [0.4, 0.5) is 0 Å². The maximum Gasteiger partial charge on any atom is 0.313 e. The lowest BCUT2D eigenvalue weighted by molar-refractivity contribution is -0.148. The fraction of sp³-hybridized carbons (Fsp3) is 0.241. The lowest BCUT2D eigenvalue weighted by Gasteiger charge is -2.35. The standard InChI is InChI=1S/C29H28O6/c1-28(26(30)31,22-9-5-20-15-24(34-3)11-7-18(20)13-22)17-29(2,27(32)33)23-10-6-21-16-25(35-4)12-8-19(21)14-23/h5-16H,17H2,1-4H3,(H,30,31)(H,32,33). The molecule has 35 heavy (non-hydrogen) atoms. The lowest BCUT2D eigenvalue weighted by atomic mass is 9.66. The summed E-state index contributed by atoms with van der Waals surface area (Å²) in [5.74, 6) is -0.746. The van der Waals surface area contributed by atoms with Gasteiger partial charge in [0.05, 0.1) is 25.0 Å². The van der Waals surface area contributed by atoms with E-state index < -0.39 is 22.8 Å². The van der Waals surface area contributed by atoms with Crippen LogP contribution < -0.4 is 9.47 Å². The van der Waals surface area contributed by atoms with Crippen molar-refractivity contribution in [1.29, 1.82) is 0 Å². The van der Waals surface area contributed by atoms with E-state index >= 15 is 0 Å². The summed E-state index contributed by atoms with van der Waals surface area (Å²) in [5.41, 5.74) is -1.81. The van der Waals surface area contributed by atoms with Crippen LogP contribution in [0.2, 0.25) is 0 Å². The maximum atomic E-state index is 12.6. The van der Waals surface area contributed by atoms with Gasteiger partial charge in [-0.2, -0.15) is 0 Å². The summed E-state index contributed by atoms with van der Waals surface area (Å²) in [5, 5.41) is 24.2. The molecule has 0 aliphatic rings. The Labute approximate surface area is 203 Å². The maximum absolute atomic E-state index is 12.6. The minimum atomic E-state index is -1.45. The quantitative estimate of drug-likeness (QED) is 0.337. The average molecular weight is 473 g/mol. The van der Waals surface area contributed by atoms with Crippen molar-refractivity contribution in [2.24, 2.45) is 0 Å². The van der Waals surface area contributed by atoms with E-state index in [2.05, 4.69) is 0 Å². The first-order valence-corrected chi connectivity index (χ1v) is 11.2. The molecule has 4 aromatic rings. The largest absolute Gasteiger partial charge is 0.497 e. The van der Waals surface area contributed by atoms with Gasteiger partial charge in [-0.3, -0.25) is 9.59 Å². The van der Waals surface area contributed by atoms with Crippen molar-refractivity contribution < 1.29 is 29.3 Å². The van der Waals surface area contributed by atoms with Gasteiger partial charge in [-0.25, -0.2) is 0 Å². The normalized spacial score (nSPS) is 14.7. The molecule has 0 spiro atoms. The number of carbonyl (C=O) groups is 2. The minimum absolute atomic E-state index is 0.131. The lowest BCUT2D eigenvalue weighted by Crippen LogP contribution is -2.44. The van der Waals surface area contributed by atoms with E-state index in [4.69, 9.17) is 9.47 Å². The van der Waals surface area contributed by atoms with Crippen molar-refractivity contribution in [3.05, 3.63) is 83.9 Å². The van der Waals surface area contributed by atoms with Crippen molar-refractivity contribution >= 4 is 33.5 Å². The molecule has 0 bridgehead atoms. The van der Waals surface area contributed by atoms with E-state index in [-0.39, 0.29) is 6.42 Å². The SMILES string of the molecule is COc1ccc2cc(C(C)(CC(C)(C(=O)O)c3ccc4cc(OC)ccc4c3)C(=O)O)ccc2c1. The van der Waals surface area contributed by atoms with E-state index in [1.54, 1.807) is 40.2 Å². The van der Waals surface area contributed by atoms with Crippen LogP contribution in [0.3, 0.4) is 0 Å². The molecule has 0 saturated heterocycles. The highest BCUT2D eigenvalue weighted by molar-refractivity contribution is 5.91. The van der Waals surface area contributed by atoms with Crippen molar-refractivity contribution in [3.8, 4) is 11.5 Å². The van der Waals surface area contributed by atoms with Gasteiger partial charge >= 0.3 is 11.9 Å². The Hall–Kier alpha value is -4.06. The molecule has 0 heterocycles. The van der Waals surface area contributed by atoms with Crippen LogP contribution >= 0.6 is 0 Å². The Balaban J connectivity index is 1.80. The Morgan fingerprint density at radius 1 is 0.629 bits per heavy atom. The Morgan fingerprint density at radius 3 is 1.31 bits per heavy atom. The Kier molecular flexibility index (Phi) is 6.15. The van der Waals surface area contributed by atoms with Crippen molar-refractivity contribution in [2.75, 3.05) is 14.2 Å². The predicted molar refractivity (Wildman–Crippen MR) is 136 cm³/mol. The zero-order valence-corrected chi connectivity index (χ0v) is 20.2. The summed E-state index contributed by atoms with van der Waals surface area (Å²) < 4.78 is 10.6. The minimum Gasteiger partial charge on any atom is -0.497 e. The smallest absolute Gasteiger partial charge is 0.313 e. The molecule has 0 aromatic heterocycles. The number of rotatable bonds is 8. The third kappa shape index (κ3) is 4.28.